The normalized spacial score (nSPS) is 10.9. The van der Waals surface area contributed by atoms with Crippen molar-refractivity contribution < 1.29 is 9.53 Å². The first-order chi connectivity index (χ1) is 10.8. The molecule has 0 atom stereocenters. The molecule has 1 heterocycles. The molecule has 23 heavy (non-hydrogen) atoms. The van der Waals surface area contributed by atoms with Gasteiger partial charge < -0.3 is 4.74 Å². The first kappa shape index (κ1) is 16.5. The van der Waals surface area contributed by atoms with Gasteiger partial charge in [0, 0.05) is 0 Å². The fourth-order valence-electron chi connectivity index (χ4n) is 1.88. The molecule has 0 saturated carbocycles. The maximum atomic E-state index is 11.8. The number of aromatic nitrogens is 3. The van der Waals surface area contributed by atoms with Gasteiger partial charge in [0.1, 0.15) is 5.60 Å². The van der Waals surface area contributed by atoms with Crippen molar-refractivity contribution >= 4 is 11.9 Å². The van der Waals surface area contributed by atoms with Crippen LogP contribution in [0.1, 0.15) is 37.6 Å². The van der Waals surface area contributed by atoms with Gasteiger partial charge in [-0.05, 0) is 45.4 Å². The number of amides is 1. The molecule has 2 rings (SSSR count). The number of nitrogens with zero attached hydrogens (tertiary/aromatic N) is 4. The minimum Gasteiger partial charge on any atom is -0.444 e. The molecule has 7 nitrogen and oxygen atoms in total. The van der Waals surface area contributed by atoms with Crippen LogP contribution >= 0.6 is 0 Å². The summed E-state index contributed by atoms with van der Waals surface area (Å²) < 4.78 is 6.87. The Morgan fingerprint density at radius 2 is 2.00 bits per heavy atom. The van der Waals surface area contributed by atoms with Crippen molar-refractivity contribution in [3.8, 4) is 6.07 Å². The number of rotatable bonds is 3. The van der Waals surface area contributed by atoms with Gasteiger partial charge in [-0.25, -0.2) is 9.48 Å². The van der Waals surface area contributed by atoms with Gasteiger partial charge in [0.15, 0.2) is 5.82 Å². The second-order valence-corrected chi connectivity index (χ2v) is 6.12. The number of hydrogen-bond donors (Lipinski definition) is 1. The van der Waals surface area contributed by atoms with Gasteiger partial charge in [0.05, 0.1) is 23.9 Å². The lowest BCUT2D eigenvalue weighted by atomic mass is 10.1. The van der Waals surface area contributed by atoms with Gasteiger partial charge in [0.2, 0.25) is 0 Å². The zero-order valence-electron chi connectivity index (χ0n) is 13.6. The van der Waals surface area contributed by atoms with Crippen molar-refractivity contribution in [2.45, 2.75) is 39.8 Å². The fraction of sp³-hybridized carbons (Fsp3) is 0.375. The standard InChI is InChI=1S/C16H19N5O2/c1-11-14(18-15(22)23-16(2,3)4)19-20-21(11)10-13-7-5-12(9-17)6-8-13/h5-8H,10H2,1-4H3,(H,18,22). The van der Waals surface area contributed by atoms with Crippen molar-refractivity contribution in [1.29, 1.82) is 5.26 Å². The first-order valence-corrected chi connectivity index (χ1v) is 7.17. The third kappa shape index (κ3) is 4.54. The maximum Gasteiger partial charge on any atom is 0.413 e. The minimum atomic E-state index is -0.573. The minimum absolute atomic E-state index is 0.368. The van der Waals surface area contributed by atoms with Gasteiger partial charge >= 0.3 is 6.09 Å². The number of hydrogen-bond acceptors (Lipinski definition) is 5. The van der Waals surface area contributed by atoms with E-state index in [0.29, 0.717) is 17.9 Å². The molecule has 0 saturated heterocycles. The molecule has 1 aromatic heterocycles. The average molecular weight is 313 g/mol. The molecule has 0 bridgehead atoms. The fourth-order valence-corrected chi connectivity index (χ4v) is 1.88. The zero-order chi connectivity index (χ0) is 17.0. The van der Waals surface area contributed by atoms with Crippen LogP contribution in [0, 0.1) is 18.3 Å². The van der Waals surface area contributed by atoms with Crippen molar-refractivity contribution in [2.24, 2.45) is 0 Å². The SMILES string of the molecule is Cc1c(NC(=O)OC(C)(C)C)nnn1Cc1ccc(C#N)cc1. The quantitative estimate of drug-likeness (QED) is 0.940. The molecule has 2 aromatic rings. The van der Waals surface area contributed by atoms with Gasteiger partial charge in [0.25, 0.3) is 0 Å². The highest BCUT2D eigenvalue weighted by molar-refractivity contribution is 5.84. The summed E-state index contributed by atoms with van der Waals surface area (Å²) in [6.07, 6.45) is -0.564. The predicted molar refractivity (Wildman–Crippen MR) is 84.9 cm³/mol. The highest BCUT2D eigenvalue weighted by atomic mass is 16.6. The molecule has 120 valence electrons. The Morgan fingerprint density at radius 1 is 1.35 bits per heavy atom. The van der Waals surface area contributed by atoms with Gasteiger partial charge in [-0.1, -0.05) is 17.3 Å². The summed E-state index contributed by atoms with van der Waals surface area (Å²) in [7, 11) is 0. The van der Waals surface area contributed by atoms with Crippen molar-refractivity contribution in [3.63, 3.8) is 0 Å². The second kappa shape index (κ2) is 6.48. The molecular formula is C16H19N5O2. The highest BCUT2D eigenvalue weighted by Gasteiger charge is 2.18. The summed E-state index contributed by atoms with van der Waals surface area (Å²) >= 11 is 0. The summed E-state index contributed by atoms with van der Waals surface area (Å²) in [5.41, 5.74) is 1.74. The van der Waals surface area contributed by atoms with Crippen LogP contribution in [0.2, 0.25) is 0 Å². The number of benzene rings is 1. The van der Waals surface area contributed by atoms with Gasteiger partial charge in [-0.15, -0.1) is 5.10 Å². The molecule has 0 spiro atoms. The number of carbonyl (C=O) groups excluding carboxylic acids is 1. The van der Waals surface area contributed by atoms with E-state index in [4.69, 9.17) is 10.00 Å². The van der Waals surface area contributed by atoms with Crippen LogP contribution < -0.4 is 5.32 Å². The number of carbonyl (C=O) groups is 1. The first-order valence-electron chi connectivity index (χ1n) is 7.17. The topological polar surface area (TPSA) is 92.8 Å². The number of nitrogens with one attached hydrogen (secondary N) is 1. The third-order valence-corrected chi connectivity index (χ3v) is 3.02. The molecule has 0 radical (unpaired) electrons. The molecule has 7 heteroatoms. The largest absolute Gasteiger partial charge is 0.444 e. The van der Waals surface area contributed by atoms with Crippen molar-refractivity contribution in [3.05, 3.63) is 41.1 Å². The van der Waals surface area contributed by atoms with Crippen LogP contribution in [-0.4, -0.2) is 26.7 Å². The van der Waals surface area contributed by atoms with E-state index >= 15 is 0 Å². The highest BCUT2D eigenvalue weighted by Crippen LogP contribution is 2.15. The summed E-state index contributed by atoms with van der Waals surface area (Å²) in [5.74, 6) is 0.368. The summed E-state index contributed by atoms with van der Waals surface area (Å²) in [6, 6.07) is 9.30. The molecular weight excluding hydrogens is 294 g/mol. The Labute approximate surface area is 134 Å². The van der Waals surface area contributed by atoms with Crippen LogP contribution in [0.4, 0.5) is 10.6 Å². The van der Waals surface area contributed by atoms with E-state index in [2.05, 4.69) is 21.7 Å². The molecule has 0 aliphatic carbocycles. The zero-order valence-corrected chi connectivity index (χ0v) is 13.6. The van der Waals surface area contributed by atoms with Crippen LogP contribution in [0.25, 0.3) is 0 Å². The van der Waals surface area contributed by atoms with Crippen LogP contribution in [0.5, 0.6) is 0 Å². The summed E-state index contributed by atoms with van der Waals surface area (Å²) in [4.78, 5) is 11.8. The van der Waals surface area contributed by atoms with E-state index in [1.807, 2.05) is 19.1 Å². The predicted octanol–water partition coefficient (Wildman–Crippen LogP) is 2.85. The van der Waals surface area contributed by atoms with E-state index in [1.165, 1.54) is 0 Å². The Hall–Kier alpha value is -2.88. The average Bonchev–Trinajstić information content (AvgIpc) is 2.79. The molecule has 0 fully saturated rings. The molecule has 1 N–H and O–H groups in total. The van der Waals surface area contributed by atoms with E-state index in [-0.39, 0.29) is 0 Å². The van der Waals surface area contributed by atoms with E-state index in [1.54, 1.807) is 37.6 Å². The van der Waals surface area contributed by atoms with Crippen molar-refractivity contribution in [2.75, 3.05) is 5.32 Å². The molecule has 0 aliphatic heterocycles. The van der Waals surface area contributed by atoms with E-state index in [0.717, 1.165) is 11.3 Å². The molecule has 1 amide bonds. The monoisotopic (exact) mass is 313 g/mol. The Morgan fingerprint density at radius 3 is 2.57 bits per heavy atom. The van der Waals surface area contributed by atoms with E-state index in [9.17, 15) is 4.79 Å². The van der Waals surface area contributed by atoms with Crippen molar-refractivity contribution in [1.82, 2.24) is 15.0 Å². The summed E-state index contributed by atoms with van der Waals surface area (Å²) in [5, 5.41) is 19.4. The van der Waals surface area contributed by atoms with Crippen LogP contribution in [0.15, 0.2) is 24.3 Å². The lowest BCUT2D eigenvalue weighted by Gasteiger charge is -2.19. The number of ether oxygens (including phenoxy) is 1. The second-order valence-electron chi connectivity index (χ2n) is 6.12. The number of nitriles is 1. The summed E-state index contributed by atoms with van der Waals surface area (Å²) in [6.45, 7) is 7.69. The Bertz CT molecular complexity index is 735. The molecule has 0 aliphatic rings. The Balaban J connectivity index is 2.07. The van der Waals surface area contributed by atoms with Crippen LogP contribution in [-0.2, 0) is 11.3 Å². The van der Waals surface area contributed by atoms with Gasteiger partial charge in [-0.3, -0.25) is 5.32 Å². The Kier molecular flexibility index (Phi) is 4.65. The maximum absolute atomic E-state index is 11.8. The van der Waals surface area contributed by atoms with Gasteiger partial charge in [-0.2, -0.15) is 5.26 Å². The smallest absolute Gasteiger partial charge is 0.413 e. The van der Waals surface area contributed by atoms with Crippen LogP contribution in [0.3, 0.4) is 0 Å². The number of anilines is 1. The molecule has 0 unspecified atom stereocenters. The lowest BCUT2D eigenvalue weighted by Crippen LogP contribution is -2.27. The lowest BCUT2D eigenvalue weighted by molar-refractivity contribution is 0.0635. The molecule has 1 aromatic carbocycles. The third-order valence-electron chi connectivity index (χ3n) is 3.02. The van der Waals surface area contributed by atoms with E-state index < -0.39 is 11.7 Å².